The van der Waals surface area contributed by atoms with E-state index in [1.165, 1.54) is 10.8 Å². The molecule has 0 spiro atoms. The van der Waals surface area contributed by atoms with Gasteiger partial charge in [-0.1, -0.05) is 28.5 Å². The fourth-order valence-electron chi connectivity index (χ4n) is 0.121. The largest absolute Gasteiger partial charge is 0.385 e. The van der Waals surface area contributed by atoms with Crippen molar-refractivity contribution in [2.45, 2.75) is 6.92 Å². The van der Waals surface area contributed by atoms with Gasteiger partial charge in [0.15, 0.2) is 0 Å². The summed E-state index contributed by atoms with van der Waals surface area (Å²) in [7, 11) is 3.16. The molecule has 0 amide bonds. The second-order valence-electron chi connectivity index (χ2n) is 0.653. The molecule has 0 bridgehead atoms. The molecule has 0 saturated carbocycles. The van der Waals surface area contributed by atoms with Crippen molar-refractivity contribution in [1.29, 1.82) is 0 Å². The molecular weight excluding hydrogens is 116 g/mol. The van der Waals surface area contributed by atoms with E-state index in [2.05, 4.69) is 6.92 Å². The van der Waals surface area contributed by atoms with Crippen LogP contribution in [-0.4, -0.2) is 16.8 Å². The lowest BCUT2D eigenvalue weighted by Crippen LogP contribution is -1.64. The fraction of sp³-hybridized carbons (Fsp3) is 1.00. The molecule has 0 aromatic carbocycles. The number of hydrogen-bond acceptors (Lipinski definition) is 3. The molecule has 1 N–H and O–H groups in total. The van der Waals surface area contributed by atoms with Crippen LogP contribution < -0.4 is 0 Å². The Bertz CT molecular complexity index is 20.8. The molecule has 0 aromatic rings. The minimum atomic E-state index is 0.235. The summed E-state index contributed by atoms with van der Waals surface area (Å²) in [4.78, 5) is 0. The maximum Gasteiger partial charge on any atom is 0.0987 e. The molecule has 0 unspecified atom stereocenters. The minimum absolute atomic E-state index is 0.235. The average molecular weight is 124 g/mol. The first kappa shape index (κ1) is 6.66. The number of hydrogen-bond donors (Lipinski definition) is 1. The van der Waals surface area contributed by atoms with E-state index in [1.807, 2.05) is 0 Å². The van der Waals surface area contributed by atoms with Crippen LogP contribution in [0.25, 0.3) is 0 Å². The predicted molar refractivity (Wildman–Crippen MR) is 32.8 cm³/mol. The Hall–Kier alpha value is 0.660. The molecule has 0 radical (unpaired) electrons. The molecule has 0 aliphatic carbocycles. The van der Waals surface area contributed by atoms with Crippen molar-refractivity contribution in [3.8, 4) is 0 Å². The topological polar surface area (TPSA) is 20.2 Å². The third kappa shape index (κ3) is 4.66. The van der Waals surface area contributed by atoms with Crippen LogP contribution in [0.5, 0.6) is 0 Å². The van der Waals surface area contributed by atoms with Crippen molar-refractivity contribution in [2.75, 3.05) is 11.7 Å². The van der Waals surface area contributed by atoms with E-state index in [0.717, 1.165) is 5.75 Å². The van der Waals surface area contributed by atoms with Gasteiger partial charge in [0.2, 0.25) is 0 Å². The van der Waals surface area contributed by atoms with Crippen molar-refractivity contribution in [3.05, 3.63) is 0 Å². The zero-order chi connectivity index (χ0) is 4.83. The second kappa shape index (κ2) is 5.66. The summed E-state index contributed by atoms with van der Waals surface area (Å²) < 4.78 is 0. The Kier molecular flexibility index (Phi) is 6.28. The van der Waals surface area contributed by atoms with Crippen LogP contribution in [0.4, 0.5) is 0 Å². The molecule has 0 saturated heterocycles. The molecule has 0 heterocycles. The summed E-state index contributed by atoms with van der Waals surface area (Å²) in [5.41, 5.74) is 0. The van der Waals surface area contributed by atoms with Gasteiger partial charge in [-0.3, -0.25) is 0 Å². The van der Waals surface area contributed by atoms with Crippen LogP contribution in [0.2, 0.25) is 0 Å². The van der Waals surface area contributed by atoms with Crippen LogP contribution >= 0.6 is 21.6 Å². The summed E-state index contributed by atoms with van der Waals surface area (Å²) in [5, 5.41) is 8.14. The molecular formula is C3H8OS2. The molecule has 38 valence electrons. The van der Waals surface area contributed by atoms with E-state index in [1.54, 1.807) is 10.8 Å². The second-order valence-corrected chi connectivity index (χ2v) is 3.37. The highest BCUT2D eigenvalue weighted by Gasteiger charge is 1.76. The van der Waals surface area contributed by atoms with E-state index in [0.29, 0.717) is 0 Å². The molecule has 0 aliphatic heterocycles. The molecule has 0 aromatic heterocycles. The average Bonchev–Trinajstić information content (AvgIpc) is 1.61. The summed E-state index contributed by atoms with van der Waals surface area (Å²) in [5.74, 6) is 1.31. The van der Waals surface area contributed by atoms with Gasteiger partial charge in [0, 0.05) is 5.75 Å². The highest BCUT2D eigenvalue weighted by atomic mass is 33.1. The van der Waals surface area contributed by atoms with E-state index < -0.39 is 0 Å². The zero-order valence-corrected chi connectivity index (χ0v) is 5.31. The normalized spacial score (nSPS) is 9.00. The lowest BCUT2D eigenvalue weighted by molar-refractivity contribution is 0.376. The van der Waals surface area contributed by atoms with Gasteiger partial charge in [-0.15, -0.1) is 0 Å². The van der Waals surface area contributed by atoms with E-state index >= 15 is 0 Å². The SMILES string of the molecule is CCSSCO. The molecule has 1 nitrogen and oxygen atoms in total. The smallest absolute Gasteiger partial charge is 0.0987 e. The van der Waals surface area contributed by atoms with E-state index in [-0.39, 0.29) is 5.94 Å². The number of aliphatic hydroxyl groups is 1. The number of rotatable bonds is 3. The summed E-state index contributed by atoms with van der Waals surface area (Å²) in [6.45, 7) is 2.06. The maximum atomic E-state index is 8.14. The van der Waals surface area contributed by atoms with Crippen LogP contribution in [0.3, 0.4) is 0 Å². The third-order valence-electron chi connectivity index (χ3n) is 0.254. The summed E-state index contributed by atoms with van der Waals surface area (Å²) >= 11 is 0. The van der Waals surface area contributed by atoms with Crippen LogP contribution in [0.15, 0.2) is 0 Å². The van der Waals surface area contributed by atoms with Gasteiger partial charge in [0.25, 0.3) is 0 Å². The first-order chi connectivity index (χ1) is 2.91. The Balaban J connectivity index is 2.34. The van der Waals surface area contributed by atoms with Gasteiger partial charge in [0.05, 0.1) is 5.94 Å². The highest BCUT2D eigenvalue weighted by Crippen LogP contribution is 2.17. The summed E-state index contributed by atoms with van der Waals surface area (Å²) in [6.07, 6.45) is 0. The Morgan fingerprint density at radius 1 is 1.50 bits per heavy atom. The first-order valence-corrected chi connectivity index (χ1v) is 4.26. The van der Waals surface area contributed by atoms with Crippen molar-refractivity contribution in [1.82, 2.24) is 0 Å². The third-order valence-corrected chi connectivity index (χ3v) is 2.29. The van der Waals surface area contributed by atoms with Crippen molar-refractivity contribution < 1.29 is 5.11 Å². The van der Waals surface area contributed by atoms with Gasteiger partial charge < -0.3 is 5.11 Å². The van der Waals surface area contributed by atoms with Crippen molar-refractivity contribution >= 4 is 21.6 Å². The zero-order valence-electron chi connectivity index (χ0n) is 3.68. The quantitative estimate of drug-likeness (QED) is 0.348. The van der Waals surface area contributed by atoms with Crippen molar-refractivity contribution in [3.63, 3.8) is 0 Å². The highest BCUT2D eigenvalue weighted by molar-refractivity contribution is 8.76. The molecule has 0 atom stereocenters. The molecule has 6 heavy (non-hydrogen) atoms. The van der Waals surface area contributed by atoms with Crippen molar-refractivity contribution in [2.24, 2.45) is 0 Å². The Labute approximate surface area is 45.9 Å². The van der Waals surface area contributed by atoms with Gasteiger partial charge in [-0.25, -0.2) is 0 Å². The maximum absolute atomic E-state index is 8.14. The number of aliphatic hydroxyl groups excluding tert-OH is 1. The fourth-order valence-corrected chi connectivity index (χ4v) is 1.09. The van der Waals surface area contributed by atoms with Gasteiger partial charge in [0.1, 0.15) is 0 Å². The van der Waals surface area contributed by atoms with Crippen LogP contribution in [0, 0.1) is 0 Å². The Morgan fingerprint density at radius 3 is 2.33 bits per heavy atom. The van der Waals surface area contributed by atoms with Gasteiger partial charge in [-0.05, 0) is 0 Å². The lowest BCUT2D eigenvalue weighted by Gasteiger charge is -1.85. The monoisotopic (exact) mass is 124 g/mol. The molecule has 0 rings (SSSR count). The van der Waals surface area contributed by atoms with Crippen LogP contribution in [-0.2, 0) is 0 Å². The standard InChI is InChI=1S/C3H8OS2/c1-2-5-6-3-4/h4H,2-3H2,1H3. The first-order valence-electron chi connectivity index (χ1n) is 1.77. The lowest BCUT2D eigenvalue weighted by atomic mass is 11.0. The van der Waals surface area contributed by atoms with Gasteiger partial charge in [-0.2, -0.15) is 0 Å². The minimum Gasteiger partial charge on any atom is -0.385 e. The van der Waals surface area contributed by atoms with Crippen LogP contribution in [0.1, 0.15) is 6.92 Å². The van der Waals surface area contributed by atoms with E-state index in [9.17, 15) is 0 Å². The van der Waals surface area contributed by atoms with Gasteiger partial charge >= 0.3 is 0 Å². The van der Waals surface area contributed by atoms with E-state index in [4.69, 9.17) is 5.11 Å². The molecule has 0 aliphatic rings. The predicted octanol–water partition coefficient (Wildman–Crippen LogP) is 1.34. The molecule has 3 heteroatoms. The Morgan fingerprint density at radius 2 is 2.17 bits per heavy atom. The summed E-state index contributed by atoms with van der Waals surface area (Å²) in [6, 6.07) is 0. The molecule has 0 fully saturated rings.